The minimum Gasteiger partial charge on any atom is -0.386 e. The molecule has 0 unspecified atom stereocenters. The molecule has 0 aliphatic rings. The van der Waals surface area contributed by atoms with E-state index in [2.05, 4.69) is 13.8 Å². The number of benzene rings is 1. The third-order valence-electron chi connectivity index (χ3n) is 2.29. The predicted octanol–water partition coefficient (Wildman–Crippen LogP) is 4.72. The summed E-state index contributed by atoms with van der Waals surface area (Å²) in [5, 5.41) is 10.5. The van der Waals surface area contributed by atoms with Gasteiger partial charge >= 0.3 is 0 Å². The van der Waals surface area contributed by atoms with Gasteiger partial charge in [-0.25, -0.2) is 0 Å². The molecule has 0 heterocycles. The van der Waals surface area contributed by atoms with Gasteiger partial charge in [0, 0.05) is 5.02 Å². The van der Waals surface area contributed by atoms with E-state index in [0.29, 0.717) is 10.9 Å². The zero-order valence-corrected chi connectivity index (χ0v) is 11.9. The second-order valence-corrected chi connectivity index (χ2v) is 4.92. The molecule has 0 bridgehead atoms. The standard InChI is InChI=1S/C12H17ClO.C2H6/c1-8(2)9-5-10(12(3,4)14)7-11(13)6-9;1-2/h5-8,14H,1-4H3;1-2H3. The third kappa shape index (κ3) is 4.54. The van der Waals surface area contributed by atoms with Crippen LogP contribution in [0.25, 0.3) is 0 Å². The number of hydrogen-bond donors (Lipinski definition) is 1. The van der Waals surface area contributed by atoms with Crippen LogP contribution in [-0.2, 0) is 5.60 Å². The molecule has 0 spiro atoms. The van der Waals surface area contributed by atoms with Crippen molar-refractivity contribution in [1.82, 2.24) is 0 Å². The molecule has 0 fully saturated rings. The molecule has 0 amide bonds. The van der Waals surface area contributed by atoms with Gasteiger partial charge in [0.25, 0.3) is 0 Å². The molecule has 0 radical (unpaired) electrons. The highest BCUT2D eigenvalue weighted by Crippen LogP contribution is 2.27. The van der Waals surface area contributed by atoms with E-state index in [1.165, 1.54) is 0 Å². The first-order chi connectivity index (χ1) is 7.30. The smallest absolute Gasteiger partial charge is 0.0841 e. The molecule has 92 valence electrons. The molecule has 0 saturated carbocycles. The van der Waals surface area contributed by atoms with Gasteiger partial charge in [0.15, 0.2) is 0 Å². The molecule has 16 heavy (non-hydrogen) atoms. The van der Waals surface area contributed by atoms with E-state index in [1.807, 2.05) is 32.0 Å². The van der Waals surface area contributed by atoms with E-state index in [9.17, 15) is 5.11 Å². The fourth-order valence-corrected chi connectivity index (χ4v) is 1.54. The van der Waals surface area contributed by atoms with E-state index in [1.54, 1.807) is 13.8 Å². The van der Waals surface area contributed by atoms with Crippen LogP contribution in [0.4, 0.5) is 0 Å². The van der Waals surface area contributed by atoms with Crippen molar-refractivity contribution >= 4 is 11.6 Å². The minimum atomic E-state index is -0.825. The number of hydrogen-bond acceptors (Lipinski definition) is 1. The van der Waals surface area contributed by atoms with Crippen LogP contribution in [0.5, 0.6) is 0 Å². The van der Waals surface area contributed by atoms with Gasteiger partial charge < -0.3 is 5.11 Å². The largest absolute Gasteiger partial charge is 0.386 e. The van der Waals surface area contributed by atoms with Crippen molar-refractivity contribution in [2.45, 2.75) is 53.1 Å². The molecule has 1 N–H and O–H groups in total. The highest BCUT2D eigenvalue weighted by Gasteiger charge is 2.17. The molecule has 1 aromatic carbocycles. The molecule has 0 atom stereocenters. The summed E-state index contributed by atoms with van der Waals surface area (Å²) in [5.74, 6) is 0.426. The number of halogens is 1. The maximum Gasteiger partial charge on any atom is 0.0841 e. The Morgan fingerprint density at radius 2 is 1.62 bits per heavy atom. The van der Waals surface area contributed by atoms with Crippen LogP contribution in [0.15, 0.2) is 18.2 Å². The predicted molar refractivity (Wildman–Crippen MR) is 72.1 cm³/mol. The van der Waals surface area contributed by atoms with Crippen LogP contribution in [0.3, 0.4) is 0 Å². The van der Waals surface area contributed by atoms with E-state index < -0.39 is 5.60 Å². The molecule has 1 rings (SSSR count). The number of aliphatic hydroxyl groups is 1. The van der Waals surface area contributed by atoms with Crippen LogP contribution in [0, 0.1) is 0 Å². The minimum absolute atomic E-state index is 0.426. The summed E-state index contributed by atoms with van der Waals surface area (Å²) in [7, 11) is 0. The molecule has 1 aromatic rings. The molecule has 0 saturated heterocycles. The Bertz CT molecular complexity index is 324. The Hall–Kier alpha value is -0.530. The van der Waals surface area contributed by atoms with Crippen LogP contribution in [0.2, 0.25) is 5.02 Å². The quantitative estimate of drug-likeness (QED) is 0.796. The van der Waals surface area contributed by atoms with Crippen molar-refractivity contribution in [2.75, 3.05) is 0 Å². The molecule has 0 aliphatic carbocycles. The van der Waals surface area contributed by atoms with Crippen LogP contribution in [0.1, 0.15) is 58.6 Å². The Balaban J connectivity index is 0.00000106. The summed E-state index contributed by atoms with van der Waals surface area (Å²) >= 11 is 5.99. The normalized spacial score (nSPS) is 11.1. The maximum absolute atomic E-state index is 9.86. The second-order valence-electron chi connectivity index (χ2n) is 4.49. The lowest BCUT2D eigenvalue weighted by molar-refractivity contribution is 0.0785. The average Bonchev–Trinajstić information content (AvgIpc) is 2.18. The second kappa shape index (κ2) is 6.27. The lowest BCUT2D eigenvalue weighted by atomic mass is 9.93. The topological polar surface area (TPSA) is 20.2 Å². The molecule has 0 aromatic heterocycles. The first kappa shape index (κ1) is 15.5. The van der Waals surface area contributed by atoms with E-state index in [4.69, 9.17) is 11.6 Å². The summed E-state index contributed by atoms with van der Waals surface area (Å²) in [5.41, 5.74) is 1.21. The zero-order valence-electron chi connectivity index (χ0n) is 11.1. The lowest BCUT2D eigenvalue weighted by Gasteiger charge is -2.20. The van der Waals surface area contributed by atoms with Crippen molar-refractivity contribution in [2.24, 2.45) is 0 Å². The fraction of sp³-hybridized carbons (Fsp3) is 0.571. The fourth-order valence-electron chi connectivity index (χ4n) is 1.30. The van der Waals surface area contributed by atoms with Gasteiger partial charge in [0.2, 0.25) is 0 Å². The average molecular weight is 243 g/mol. The Kier molecular flexibility index (Phi) is 6.06. The first-order valence-electron chi connectivity index (χ1n) is 5.84. The lowest BCUT2D eigenvalue weighted by Crippen LogP contribution is -2.15. The van der Waals surface area contributed by atoms with Gasteiger partial charge in [0.05, 0.1) is 5.60 Å². The summed E-state index contributed by atoms with van der Waals surface area (Å²) in [6.45, 7) is 11.8. The van der Waals surface area contributed by atoms with Gasteiger partial charge in [-0.2, -0.15) is 0 Å². The highest BCUT2D eigenvalue weighted by atomic mass is 35.5. The molecular weight excluding hydrogens is 220 g/mol. The Morgan fingerprint density at radius 1 is 1.12 bits per heavy atom. The van der Waals surface area contributed by atoms with E-state index >= 15 is 0 Å². The van der Waals surface area contributed by atoms with Crippen molar-refractivity contribution in [3.8, 4) is 0 Å². The summed E-state index contributed by atoms with van der Waals surface area (Å²) in [4.78, 5) is 0. The summed E-state index contributed by atoms with van der Waals surface area (Å²) < 4.78 is 0. The SMILES string of the molecule is CC.CC(C)c1cc(Cl)cc(C(C)(C)O)c1. The molecule has 2 heteroatoms. The van der Waals surface area contributed by atoms with E-state index in [0.717, 1.165) is 11.1 Å². The van der Waals surface area contributed by atoms with Crippen molar-refractivity contribution < 1.29 is 5.11 Å². The molecule has 1 nitrogen and oxygen atoms in total. The summed E-state index contributed by atoms with van der Waals surface area (Å²) in [6.07, 6.45) is 0. The van der Waals surface area contributed by atoms with Crippen LogP contribution < -0.4 is 0 Å². The first-order valence-corrected chi connectivity index (χ1v) is 6.22. The van der Waals surface area contributed by atoms with Gasteiger partial charge in [-0.3, -0.25) is 0 Å². The van der Waals surface area contributed by atoms with E-state index in [-0.39, 0.29) is 0 Å². The maximum atomic E-state index is 9.86. The van der Waals surface area contributed by atoms with Crippen molar-refractivity contribution in [3.05, 3.63) is 34.3 Å². The van der Waals surface area contributed by atoms with Gasteiger partial charge in [-0.1, -0.05) is 45.4 Å². The van der Waals surface area contributed by atoms with Gasteiger partial charge in [-0.05, 0) is 43.0 Å². The van der Waals surface area contributed by atoms with Crippen molar-refractivity contribution in [3.63, 3.8) is 0 Å². The van der Waals surface area contributed by atoms with Crippen LogP contribution in [-0.4, -0.2) is 5.11 Å². The highest BCUT2D eigenvalue weighted by molar-refractivity contribution is 6.30. The Labute approximate surface area is 104 Å². The summed E-state index contributed by atoms with van der Waals surface area (Å²) in [6, 6.07) is 5.77. The Morgan fingerprint density at radius 3 is 2.00 bits per heavy atom. The van der Waals surface area contributed by atoms with Crippen molar-refractivity contribution in [1.29, 1.82) is 0 Å². The van der Waals surface area contributed by atoms with Gasteiger partial charge in [0.1, 0.15) is 0 Å². The zero-order chi connectivity index (χ0) is 12.9. The van der Waals surface area contributed by atoms with Gasteiger partial charge in [-0.15, -0.1) is 0 Å². The third-order valence-corrected chi connectivity index (χ3v) is 2.51. The van der Waals surface area contributed by atoms with Crippen LogP contribution >= 0.6 is 11.6 Å². The monoisotopic (exact) mass is 242 g/mol. The molecular formula is C14H23ClO. The molecule has 0 aliphatic heterocycles. The number of rotatable bonds is 2.